The van der Waals surface area contributed by atoms with Crippen LogP contribution in [0, 0.1) is 0 Å². The van der Waals surface area contributed by atoms with E-state index in [0.29, 0.717) is 30.8 Å². The number of rotatable bonds is 13. The van der Waals surface area contributed by atoms with E-state index in [9.17, 15) is 27.9 Å². The molecule has 0 aliphatic carbocycles. The highest BCUT2D eigenvalue weighted by atomic mass is 32.2. The summed E-state index contributed by atoms with van der Waals surface area (Å²) in [6.45, 7) is 1.69. The Bertz CT molecular complexity index is 1260. The van der Waals surface area contributed by atoms with Crippen LogP contribution >= 0.6 is 0 Å². The summed E-state index contributed by atoms with van der Waals surface area (Å²) < 4.78 is 32.1. The van der Waals surface area contributed by atoms with E-state index in [1.165, 1.54) is 12.1 Å². The number of aliphatic imine (C=N–C) groups is 1. The van der Waals surface area contributed by atoms with Gasteiger partial charge >= 0.3 is 5.97 Å². The molecule has 11 nitrogen and oxygen atoms in total. The van der Waals surface area contributed by atoms with Gasteiger partial charge in [-0.05, 0) is 36.6 Å². The van der Waals surface area contributed by atoms with Gasteiger partial charge in [0.25, 0.3) is 0 Å². The van der Waals surface area contributed by atoms with Crippen molar-refractivity contribution in [3.05, 3.63) is 65.7 Å². The number of aliphatic carboxylic acids is 1. The number of hydrogen-bond donors (Lipinski definition) is 3. The van der Waals surface area contributed by atoms with Crippen LogP contribution in [-0.4, -0.2) is 73.3 Å². The maximum Gasteiger partial charge on any atom is 0.326 e. The second-order valence-electron chi connectivity index (χ2n) is 8.98. The number of carbonyl (C=O) groups excluding carboxylic acids is 2. The normalized spacial score (nSPS) is 17.2. The number of nitrogens with zero attached hydrogens (tertiary/aromatic N) is 2. The molecule has 1 heterocycles. The third kappa shape index (κ3) is 7.94. The van der Waals surface area contributed by atoms with E-state index in [2.05, 4.69) is 10.3 Å². The number of nitrogens with two attached hydrogens (primary N) is 1. The number of Topliss-reactive ketones (excluding diaryl/α,β-unsaturated/α-hetero) is 1. The average molecular weight is 545 g/mol. The maximum atomic E-state index is 13.0. The quantitative estimate of drug-likeness (QED) is 0.191. The van der Waals surface area contributed by atoms with Gasteiger partial charge in [0.15, 0.2) is 0 Å². The number of carboxylic acid groups (broad SMARTS) is 1. The Morgan fingerprint density at radius 3 is 2.42 bits per heavy atom. The molecule has 0 radical (unpaired) electrons. The minimum Gasteiger partial charge on any atom is -0.480 e. The SMILES string of the molecule is CC(N)=NCCCC(=O)Cc1ccc(C[C@H](NC(=O)[C@@H]2COCN2S(=O)(=O)c2ccccc2)C(=O)O)cc1. The highest BCUT2D eigenvalue weighted by molar-refractivity contribution is 7.89. The van der Waals surface area contributed by atoms with Crippen LogP contribution in [0.3, 0.4) is 0 Å². The molecule has 2 aromatic rings. The van der Waals surface area contributed by atoms with E-state index in [4.69, 9.17) is 10.5 Å². The fraction of sp³-hybridized carbons (Fsp3) is 0.385. The largest absolute Gasteiger partial charge is 0.480 e. The summed E-state index contributed by atoms with van der Waals surface area (Å²) >= 11 is 0. The van der Waals surface area contributed by atoms with Crippen LogP contribution in [0.2, 0.25) is 0 Å². The fourth-order valence-electron chi connectivity index (χ4n) is 3.94. The van der Waals surface area contributed by atoms with Gasteiger partial charge in [-0.2, -0.15) is 4.31 Å². The number of benzene rings is 2. The van der Waals surface area contributed by atoms with Crippen LogP contribution in [0.25, 0.3) is 0 Å². The highest BCUT2D eigenvalue weighted by Gasteiger charge is 2.41. The van der Waals surface area contributed by atoms with E-state index < -0.39 is 34.0 Å². The van der Waals surface area contributed by atoms with Crippen molar-refractivity contribution in [2.75, 3.05) is 19.9 Å². The zero-order valence-electron chi connectivity index (χ0n) is 21.1. The average Bonchev–Trinajstić information content (AvgIpc) is 3.39. The van der Waals surface area contributed by atoms with Crippen molar-refractivity contribution in [1.82, 2.24) is 9.62 Å². The molecule has 204 valence electrons. The summed E-state index contributed by atoms with van der Waals surface area (Å²) in [6.07, 6.45) is 1.22. The number of nitrogens with one attached hydrogen (secondary N) is 1. The lowest BCUT2D eigenvalue weighted by Gasteiger charge is -2.23. The van der Waals surface area contributed by atoms with Crippen LogP contribution < -0.4 is 11.1 Å². The summed E-state index contributed by atoms with van der Waals surface area (Å²) in [5.74, 6) is -1.47. The molecule has 0 unspecified atom stereocenters. The Labute approximate surface area is 221 Å². The van der Waals surface area contributed by atoms with Gasteiger partial charge in [-0.15, -0.1) is 0 Å². The smallest absolute Gasteiger partial charge is 0.326 e. The number of hydrogen-bond acceptors (Lipinski definition) is 7. The van der Waals surface area contributed by atoms with Crippen molar-refractivity contribution in [1.29, 1.82) is 0 Å². The van der Waals surface area contributed by atoms with Gasteiger partial charge in [0.1, 0.15) is 24.6 Å². The van der Waals surface area contributed by atoms with Crippen molar-refractivity contribution < 1.29 is 32.6 Å². The molecule has 0 aromatic heterocycles. The number of ether oxygens (including phenoxy) is 1. The molecule has 1 fully saturated rings. The summed E-state index contributed by atoms with van der Waals surface area (Å²) in [4.78, 5) is 41.1. The first-order valence-electron chi connectivity index (χ1n) is 12.1. The van der Waals surface area contributed by atoms with E-state index in [-0.39, 0.29) is 36.9 Å². The van der Waals surface area contributed by atoms with E-state index in [1.54, 1.807) is 49.4 Å². The van der Waals surface area contributed by atoms with Gasteiger partial charge in [-0.1, -0.05) is 42.5 Å². The minimum atomic E-state index is -4.01. The summed E-state index contributed by atoms with van der Waals surface area (Å²) in [7, 11) is -4.01. The highest BCUT2D eigenvalue weighted by Crippen LogP contribution is 2.22. The molecule has 2 atom stereocenters. The van der Waals surface area contributed by atoms with Gasteiger partial charge in [0, 0.05) is 25.8 Å². The number of carboxylic acids is 1. The first kappa shape index (κ1) is 29.0. The molecule has 1 aliphatic heterocycles. The summed E-state index contributed by atoms with van der Waals surface area (Å²) in [6, 6.07) is 12.1. The van der Waals surface area contributed by atoms with Crippen LogP contribution in [-0.2, 0) is 42.0 Å². The molecular weight excluding hydrogens is 512 g/mol. The number of carbonyl (C=O) groups is 3. The Balaban J connectivity index is 1.59. The molecule has 2 aromatic carbocycles. The lowest BCUT2D eigenvalue weighted by atomic mass is 10.0. The van der Waals surface area contributed by atoms with E-state index >= 15 is 0 Å². The number of amidine groups is 1. The molecule has 0 spiro atoms. The fourth-order valence-corrected chi connectivity index (χ4v) is 5.42. The molecule has 0 saturated carbocycles. The second-order valence-corrected chi connectivity index (χ2v) is 10.9. The molecule has 0 bridgehead atoms. The van der Waals surface area contributed by atoms with Crippen molar-refractivity contribution >= 4 is 33.5 Å². The summed E-state index contributed by atoms with van der Waals surface area (Å²) in [5, 5.41) is 12.1. The molecule has 1 saturated heterocycles. The number of sulfonamides is 1. The maximum absolute atomic E-state index is 13.0. The van der Waals surface area contributed by atoms with Crippen LogP contribution in [0.15, 0.2) is 64.5 Å². The second kappa shape index (κ2) is 13.3. The van der Waals surface area contributed by atoms with E-state index in [0.717, 1.165) is 9.87 Å². The van der Waals surface area contributed by atoms with Gasteiger partial charge in [0.05, 0.1) is 17.3 Å². The van der Waals surface area contributed by atoms with Crippen LogP contribution in [0.5, 0.6) is 0 Å². The van der Waals surface area contributed by atoms with Crippen LogP contribution in [0.4, 0.5) is 0 Å². The number of amides is 1. The molecular formula is C26H32N4O7S. The van der Waals surface area contributed by atoms with Crippen molar-refractivity contribution in [2.24, 2.45) is 10.7 Å². The van der Waals surface area contributed by atoms with E-state index in [1.807, 2.05) is 0 Å². The minimum absolute atomic E-state index is 0.0100. The topological polar surface area (TPSA) is 168 Å². The molecule has 4 N–H and O–H groups in total. The zero-order valence-corrected chi connectivity index (χ0v) is 21.9. The lowest BCUT2D eigenvalue weighted by molar-refractivity contribution is -0.142. The lowest BCUT2D eigenvalue weighted by Crippen LogP contribution is -2.52. The molecule has 38 heavy (non-hydrogen) atoms. The Hall–Kier alpha value is -3.61. The molecule has 1 amide bonds. The van der Waals surface area contributed by atoms with Crippen LogP contribution in [0.1, 0.15) is 30.9 Å². The Morgan fingerprint density at radius 2 is 1.79 bits per heavy atom. The first-order chi connectivity index (χ1) is 18.1. The van der Waals surface area contributed by atoms with Gasteiger partial charge in [-0.3, -0.25) is 14.6 Å². The molecule has 3 rings (SSSR count). The monoisotopic (exact) mass is 544 g/mol. The third-order valence-electron chi connectivity index (χ3n) is 5.95. The Morgan fingerprint density at radius 1 is 1.13 bits per heavy atom. The molecule has 12 heteroatoms. The predicted octanol–water partition coefficient (Wildman–Crippen LogP) is 1.11. The van der Waals surface area contributed by atoms with Gasteiger partial charge in [-0.25, -0.2) is 13.2 Å². The van der Waals surface area contributed by atoms with Crippen molar-refractivity contribution in [3.63, 3.8) is 0 Å². The Kier molecular flexibility index (Phi) is 10.1. The zero-order chi connectivity index (χ0) is 27.7. The van der Waals surface area contributed by atoms with Crippen molar-refractivity contribution in [3.8, 4) is 0 Å². The summed E-state index contributed by atoms with van der Waals surface area (Å²) in [5.41, 5.74) is 6.90. The first-order valence-corrected chi connectivity index (χ1v) is 13.6. The van der Waals surface area contributed by atoms with Gasteiger partial charge < -0.3 is 20.9 Å². The number of ketones is 1. The third-order valence-corrected chi connectivity index (χ3v) is 7.79. The predicted molar refractivity (Wildman–Crippen MR) is 140 cm³/mol. The van der Waals surface area contributed by atoms with Gasteiger partial charge in [0.2, 0.25) is 15.9 Å². The standard InChI is InChI=1S/C26H32N4O7S/c1-18(27)28-13-5-6-21(31)14-19-9-11-20(12-10-19)15-23(26(33)34)29-25(32)24-16-37-17-30(24)38(35,36)22-7-3-2-4-8-22/h2-4,7-12,23-24H,5-6,13-17H2,1H3,(H2,27,28)(H,29,32)(H,33,34)/t23-,24-/m0/s1. The molecule has 1 aliphatic rings. The van der Waals surface area contributed by atoms with Crippen molar-refractivity contribution in [2.45, 2.75) is 49.6 Å².